The number of nitrogens with one attached hydrogen (secondary N) is 1. The number of rotatable bonds is 5. The van der Waals surface area contributed by atoms with Crippen LogP contribution in [0.15, 0.2) is 53.6 Å². The van der Waals surface area contributed by atoms with Crippen LogP contribution in [0.4, 0.5) is 4.39 Å². The van der Waals surface area contributed by atoms with Crippen LogP contribution in [0.5, 0.6) is 5.75 Å². The van der Waals surface area contributed by atoms with Crippen molar-refractivity contribution in [2.45, 2.75) is 12.8 Å². The zero-order valence-electron chi connectivity index (χ0n) is 15.6. The number of hydrogen-bond acceptors (Lipinski definition) is 4. The van der Waals surface area contributed by atoms with E-state index < -0.39 is 0 Å². The van der Waals surface area contributed by atoms with Crippen LogP contribution >= 0.6 is 0 Å². The molecule has 0 saturated carbocycles. The first-order valence-corrected chi connectivity index (χ1v) is 9.09. The van der Waals surface area contributed by atoms with Crippen molar-refractivity contribution in [3.8, 4) is 5.75 Å². The van der Waals surface area contributed by atoms with Gasteiger partial charge in [-0.3, -0.25) is 9.59 Å². The minimum atomic E-state index is -0.374. The SMILES string of the molecule is COc1ccccc1/C=N\NC(=O)C1CCN(C(=O)c2ccc(F)cc2)CC1. The van der Waals surface area contributed by atoms with Crippen LogP contribution in [0.1, 0.15) is 28.8 Å². The second kappa shape index (κ2) is 9.12. The number of amides is 2. The molecule has 28 heavy (non-hydrogen) atoms. The van der Waals surface area contributed by atoms with Gasteiger partial charge in [-0.15, -0.1) is 0 Å². The number of halogens is 1. The van der Waals surface area contributed by atoms with E-state index in [2.05, 4.69) is 10.5 Å². The third kappa shape index (κ3) is 4.73. The van der Waals surface area contributed by atoms with E-state index in [1.54, 1.807) is 18.2 Å². The van der Waals surface area contributed by atoms with Crippen molar-refractivity contribution < 1.29 is 18.7 Å². The Kier molecular flexibility index (Phi) is 6.37. The van der Waals surface area contributed by atoms with Gasteiger partial charge in [-0.25, -0.2) is 9.82 Å². The molecule has 1 fully saturated rings. The van der Waals surface area contributed by atoms with Gasteiger partial charge in [-0.2, -0.15) is 5.10 Å². The Bertz CT molecular complexity index is 859. The molecule has 1 saturated heterocycles. The van der Waals surface area contributed by atoms with Crippen molar-refractivity contribution >= 4 is 18.0 Å². The van der Waals surface area contributed by atoms with Gasteiger partial charge in [0.1, 0.15) is 11.6 Å². The molecule has 0 radical (unpaired) electrons. The number of ether oxygens (including phenoxy) is 1. The number of piperidine rings is 1. The molecule has 2 aromatic rings. The third-order valence-electron chi connectivity index (χ3n) is 4.76. The number of hydrazone groups is 1. The molecule has 1 aliphatic heterocycles. The summed E-state index contributed by atoms with van der Waals surface area (Å²) in [4.78, 5) is 26.5. The van der Waals surface area contributed by atoms with Crippen LogP contribution < -0.4 is 10.2 Å². The Balaban J connectivity index is 1.50. The average Bonchev–Trinajstić information content (AvgIpc) is 2.74. The van der Waals surface area contributed by atoms with Crippen molar-refractivity contribution in [1.82, 2.24) is 10.3 Å². The molecule has 0 aromatic heterocycles. The van der Waals surface area contributed by atoms with Crippen LogP contribution in [0, 0.1) is 11.7 Å². The van der Waals surface area contributed by atoms with Gasteiger partial charge < -0.3 is 9.64 Å². The van der Waals surface area contributed by atoms with E-state index >= 15 is 0 Å². The number of carbonyl (C=O) groups excluding carboxylic acids is 2. The summed E-state index contributed by atoms with van der Waals surface area (Å²) in [6, 6.07) is 12.9. The summed E-state index contributed by atoms with van der Waals surface area (Å²) < 4.78 is 18.2. The zero-order chi connectivity index (χ0) is 19.9. The molecule has 3 rings (SSSR count). The number of methoxy groups -OCH3 is 1. The molecule has 2 amide bonds. The minimum Gasteiger partial charge on any atom is -0.496 e. The lowest BCUT2D eigenvalue weighted by molar-refractivity contribution is -0.126. The highest BCUT2D eigenvalue weighted by Gasteiger charge is 2.27. The fourth-order valence-electron chi connectivity index (χ4n) is 3.15. The van der Waals surface area contributed by atoms with Gasteiger partial charge in [0, 0.05) is 30.1 Å². The van der Waals surface area contributed by atoms with Gasteiger partial charge in [0.15, 0.2) is 0 Å². The van der Waals surface area contributed by atoms with Crippen LogP contribution in [-0.2, 0) is 4.79 Å². The van der Waals surface area contributed by atoms with E-state index in [1.165, 1.54) is 24.3 Å². The summed E-state index contributed by atoms with van der Waals surface area (Å²) in [6.07, 6.45) is 2.66. The van der Waals surface area contributed by atoms with Gasteiger partial charge in [-0.1, -0.05) is 12.1 Å². The Morgan fingerprint density at radius 3 is 2.50 bits per heavy atom. The van der Waals surface area contributed by atoms with Gasteiger partial charge in [0.25, 0.3) is 5.91 Å². The van der Waals surface area contributed by atoms with E-state index in [9.17, 15) is 14.0 Å². The van der Waals surface area contributed by atoms with Crippen molar-refractivity contribution in [3.05, 3.63) is 65.5 Å². The lowest BCUT2D eigenvalue weighted by Gasteiger charge is -2.31. The van der Waals surface area contributed by atoms with Gasteiger partial charge in [0.05, 0.1) is 13.3 Å². The number of benzene rings is 2. The van der Waals surface area contributed by atoms with Crippen LogP contribution in [0.2, 0.25) is 0 Å². The molecule has 0 bridgehead atoms. The molecule has 6 nitrogen and oxygen atoms in total. The quantitative estimate of drug-likeness (QED) is 0.638. The van der Waals surface area contributed by atoms with Gasteiger partial charge in [0.2, 0.25) is 5.91 Å². The maximum Gasteiger partial charge on any atom is 0.253 e. The summed E-state index contributed by atoms with van der Waals surface area (Å²) in [5.74, 6) is -0.214. The van der Waals surface area contributed by atoms with Crippen molar-refractivity contribution in [2.75, 3.05) is 20.2 Å². The highest BCUT2D eigenvalue weighted by Crippen LogP contribution is 2.20. The second-order valence-electron chi connectivity index (χ2n) is 6.55. The lowest BCUT2D eigenvalue weighted by Crippen LogP contribution is -2.42. The molecule has 0 spiro atoms. The number of hydrogen-bond donors (Lipinski definition) is 1. The zero-order valence-corrected chi connectivity index (χ0v) is 15.6. The Labute approximate surface area is 163 Å². The molecule has 146 valence electrons. The van der Waals surface area contributed by atoms with Crippen LogP contribution in [-0.4, -0.2) is 43.1 Å². The molecule has 0 aliphatic carbocycles. The number of carbonyl (C=O) groups is 2. The molecule has 7 heteroatoms. The maximum absolute atomic E-state index is 13.0. The molecule has 1 aliphatic rings. The largest absolute Gasteiger partial charge is 0.496 e. The topological polar surface area (TPSA) is 71.0 Å². The Hall–Kier alpha value is -3.22. The highest BCUT2D eigenvalue weighted by atomic mass is 19.1. The van der Waals surface area contributed by atoms with E-state index in [4.69, 9.17) is 4.74 Å². The van der Waals surface area contributed by atoms with E-state index in [-0.39, 0.29) is 23.5 Å². The third-order valence-corrected chi connectivity index (χ3v) is 4.76. The van der Waals surface area contributed by atoms with Crippen molar-refractivity contribution in [2.24, 2.45) is 11.0 Å². The average molecular weight is 383 g/mol. The Morgan fingerprint density at radius 1 is 1.14 bits per heavy atom. The standard InChI is InChI=1S/C21H22FN3O3/c1-28-19-5-3-2-4-17(19)14-23-24-20(26)15-10-12-25(13-11-15)21(27)16-6-8-18(22)9-7-16/h2-9,14-15H,10-13H2,1H3,(H,24,26)/b23-14-. The fourth-order valence-corrected chi connectivity index (χ4v) is 3.15. The van der Waals surface area contributed by atoms with Crippen molar-refractivity contribution in [3.63, 3.8) is 0 Å². The number of likely N-dealkylation sites (tertiary alicyclic amines) is 1. The molecule has 1 N–H and O–H groups in total. The first kappa shape index (κ1) is 19.5. The first-order valence-electron chi connectivity index (χ1n) is 9.09. The normalized spacial score (nSPS) is 14.9. The molecular formula is C21H22FN3O3. The minimum absolute atomic E-state index is 0.145. The van der Waals surface area contributed by atoms with Gasteiger partial charge >= 0.3 is 0 Å². The van der Waals surface area contributed by atoms with E-state index in [1.807, 2.05) is 24.3 Å². The lowest BCUT2D eigenvalue weighted by atomic mass is 9.95. The van der Waals surface area contributed by atoms with Crippen LogP contribution in [0.25, 0.3) is 0 Å². The summed E-state index contributed by atoms with van der Waals surface area (Å²) in [6.45, 7) is 0.953. The predicted octanol–water partition coefficient (Wildman–Crippen LogP) is 2.84. The predicted molar refractivity (Wildman–Crippen MR) is 104 cm³/mol. The van der Waals surface area contributed by atoms with Gasteiger partial charge in [-0.05, 0) is 49.2 Å². The fraction of sp³-hybridized carbons (Fsp3) is 0.286. The van der Waals surface area contributed by atoms with Crippen LogP contribution in [0.3, 0.4) is 0 Å². The molecular weight excluding hydrogens is 361 g/mol. The second-order valence-corrected chi connectivity index (χ2v) is 6.55. The molecule has 1 heterocycles. The molecule has 2 aromatic carbocycles. The van der Waals surface area contributed by atoms with Crippen molar-refractivity contribution in [1.29, 1.82) is 0 Å². The highest BCUT2D eigenvalue weighted by molar-refractivity contribution is 5.94. The number of para-hydroxylation sites is 1. The van der Waals surface area contributed by atoms with E-state index in [0.29, 0.717) is 37.2 Å². The van der Waals surface area contributed by atoms with E-state index in [0.717, 1.165) is 5.56 Å². The first-order chi connectivity index (χ1) is 13.6. The number of nitrogens with zero attached hydrogens (tertiary/aromatic N) is 2. The monoisotopic (exact) mass is 383 g/mol. The summed E-state index contributed by atoms with van der Waals surface area (Å²) in [7, 11) is 1.58. The summed E-state index contributed by atoms with van der Waals surface area (Å²) >= 11 is 0. The molecule has 0 unspecified atom stereocenters. The smallest absolute Gasteiger partial charge is 0.253 e. The molecule has 0 atom stereocenters. The summed E-state index contributed by atoms with van der Waals surface area (Å²) in [5.41, 5.74) is 3.78. The summed E-state index contributed by atoms with van der Waals surface area (Å²) in [5, 5.41) is 4.01. The Morgan fingerprint density at radius 2 is 1.82 bits per heavy atom. The maximum atomic E-state index is 13.0.